The first-order chi connectivity index (χ1) is 9.72. The standard InChI is InChI=1S/C15H18N2O3/c1-19-13-8-12(11-16)9-14(10-13)20-7-6-17-5-3-2-4-15(17)18/h2-5,8-10H,6-7,11,16H2,1H3. The van der Waals surface area contributed by atoms with Crippen molar-refractivity contribution < 1.29 is 9.47 Å². The van der Waals surface area contributed by atoms with Crippen LogP contribution in [0.2, 0.25) is 0 Å². The van der Waals surface area contributed by atoms with E-state index in [1.165, 1.54) is 6.07 Å². The summed E-state index contributed by atoms with van der Waals surface area (Å²) >= 11 is 0. The zero-order chi connectivity index (χ0) is 14.4. The molecule has 0 spiro atoms. The number of benzene rings is 1. The molecule has 1 aromatic carbocycles. The molecule has 0 saturated carbocycles. The van der Waals surface area contributed by atoms with E-state index in [9.17, 15) is 4.79 Å². The van der Waals surface area contributed by atoms with Gasteiger partial charge in [-0.2, -0.15) is 0 Å². The van der Waals surface area contributed by atoms with Gasteiger partial charge in [0.15, 0.2) is 0 Å². The molecule has 2 rings (SSSR count). The second-order valence-corrected chi connectivity index (χ2v) is 4.30. The van der Waals surface area contributed by atoms with Gasteiger partial charge in [0.05, 0.1) is 13.7 Å². The topological polar surface area (TPSA) is 66.5 Å². The monoisotopic (exact) mass is 274 g/mol. The molecule has 0 bridgehead atoms. The zero-order valence-electron chi connectivity index (χ0n) is 11.4. The lowest BCUT2D eigenvalue weighted by Gasteiger charge is -2.11. The van der Waals surface area contributed by atoms with Crippen molar-refractivity contribution in [2.45, 2.75) is 13.1 Å². The van der Waals surface area contributed by atoms with Crippen molar-refractivity contribution in [1.82, 2.24) is 4.57 Å². The molecule has 1 heterocycles. The predicted octanol–water partition coefficient (Wildman–Crippen LogP) is 1.39. The molecular weight excluding hydrogens is 256 g/mol. The van der Waals surface area contributed by atoms with Crippen LogP contribution in [0.5, 0.6) is 11.5 Å². The first-order valence-electron chi connectivity index (χ1n) is 6.39. The van der Waals surface area contributed by atoms with E-state index in [2.05, 4.69) is 0 Å². The van der Waals surface area contributed by atoms with Crippen LogP contribution in [-0.4, -0.2) is 18.3 Å². The molecule has 0 fully saturated rings. The molecule has 0 aliphatic carbocycles. The fourth-order valence-corrected chi connectivity index (χ4v) is 1.86. The lowest BCUT2D eigenvalue weighted by atomic mass is 10.2. The van der Waals surface area contributed by atoms with Crippen molar-refractivity contribution in [1.29, 1.82) is 0 Å². The Hall–Kier alpha value is -2.27. The van der Waals surface area contributed by atoms with E-state index in [0.717, 1.165) is 5.56 Å². The Bertz CT molecular complexity index is 600. The van der Waals surface area contributed by atoms with Crippen LogP contribution in [0.25, 0.3) is 0 Å². The maximum absolute atomic E-state index is 11.5. The Labute approximate surface area is 117 Å². The number of ether oxygens (including phenoxy) is 2. The van der Waals surface area contributed by atoms with Crippen LogP contribution in [-0.2, 0) is 13.1 Å². The smallest absolute Gasteiger partial charge is 0.250 e. The third kappa shape index (κ3) is 3.61. The van der Waals surface area contributed by atoms with Gasteiger partial charge in [-0.1, -0.05) is 6.07 Å². The van der Waals surface area contributed by atoms with Crippen molar-refractivity contribution in [3.05, 3.63) is 58.5 Å². The fourth-order valence-electron chi connectivity index (χ4n) is 1.86. The highest BCUT2D eigenvalue weighted by Gasteiger charge is 2.02. The summed E-state index contributed by atoms with van der Waals surface area (Å²) in [6.45, 7) is 1.32. The second-order valence-electron chi connectivity index (χ2n) is 4.30. The summed E-state index contributed by atoms with van der Waals surface area (Å²) < 4.78 is 12.4. The maximum Gasteiger partial charge on any atom is 0.250 e. The first-order valence-corrected chi connectivity index (χ1v) is 6.39. The first kappa shape index (κ1) is 14.1. The van der Waals surface area contributed by atoms with Crippen LogP contribution in [0.15, 0.2) is 47.4 Å². The van der Waals surface area contributed by atoms with Crippen LogP contribution in [0.3, 0.4) is 0 Å². The van der Waals surface area contributed by atoms with Crippen LogP contribution in [0.4, 0.5) is 0 Å². The van der Waals surface area contributed by atoms with E-state index < -0.39 is 0 Å². The van der Waals surface area contributed by atoms with Crippen molar-refractivity contribution in [2.75, 3.05) is 13.7 Å². The molecule has 2 N–H and O–H groups in total. The SMILES string of the molecule is COc1cc(CN)cc(OCCn2ccccc2=O)c1. The van der Waals surface area contributed by atoms with Crippen molar-refractivity contribution >= 4 is 0 Å². The van der Waals surface area contributed by atoms with E-state index in [1.807, 2.05) is 18.2 Å². The van der Waals surface area contributed by atoms with Crippen LogP contribution >= 0.6 is 0 Å². The molecule has 0 unspecified atom stereocenters. The number of pyridine rings is 1. The highest BCUT2D eigenvalue weighted by Crippen LogP contribution is 2.22. The zero-order valence-corrected chi connectivity index (χ0v) is 11.4. The molecule has 0 aliphatic heterocycles. The highest BCUT2D eigenvalue weighted by molar-refractivity contribution is 5.38. The fraction of sp³-hybridized carbons (Fsp3) is 0.267. The summed E-state index contributed by atoms with van der Waals surface area (Å²) in [6, 6.07) is 10.6. The van der Waals surface area contributed by atoms with Gasteiger partial charge < -0.3 is 19.8 Å². The summed E-state index contributed by atoms with van der Waals surface area (Å²) in [4.78, 5) is 11.5. The third-order valence-corrected chi connectivity index (χ3v) is 2.91. The number of methoxy groups -OCH3 is 1. The third-order valence-electron chi connectivity index (χ3n) is 2.91. The van der Waals surface area contributed by atoms with E-state index in [0.29, 0.717) is 31.2 Å². The number of hydrogen-bond acceptors (Lipinski definition) is 4. The Kier molecular flexibility index (Phi) is 4.79. The van der Waals surface area contributed by atoms with Crippen molar-refractivity contribution in [3.8, 4) is 11.5 Å². The average Bonchev–Trinajstić information content (AvgIpc) is 2.48. The molecule has 0 amide bonds. The Balaban J connectivity index is 2.00. The molecule has 106 valence electrons. The number of aromatic nitrogens is 1. The minimum absolute atomic E-state index is 0.0376. The van der Waals surface area contributed by atoms with Crippen molar-refractivity contribution in [3.63, 3.8) is 0 Å². The van der Waals surface area contributed by atoms with E-state index in [4.69, 9.17) is 15.2 Å². The summed E-state index contributed by atoms with van der Waals surface area (Å²) in [7, 11) is 1.60. The summed E-state index contributed by atoms with van der Waals surface area (Å²) in [5.74, 6) is 1.40. The van der Waals surface area contributed by atoms with Gasteiger partial charge in [-0.3, -0.25) is 4.79 Å². The van der Waals surface area contributed by atoms with Gasteiger partial charge >= 0.3 is 0 Å². The second kappa shape index (κ2) is 6.77. The van der Waals surface area contributed by atoms with Crippen LogP contribution in [0, 0.1) is 0 Å². The molecule has 0 atom stereocenters. The molecule has 1 aromatic heterocycles. The van der Waals surface area contributed by atoms with Crippen molar-refractivity contribution in [2.24, 2.45) is 5.73 Å². The molecule has 2 aromatic rings. The molecule has 20 heavy (non-hydrogen) atoms. The molecule has 0 saturated heterocycles. The molecular formula is C15H18N2O3. The minimum Gasteiger partial charge on any atom is -0.497 e. The molecule has 0 aliphatic rings. The number of hydrogen-bond donors (Lipinski definition) is 1. The van der Waals surface area contributed by atoms with E-state index in [-0.39, 0.29) is 5.56 Å². The normalized spacial score (nSPS) is 10.3. The Morgan fingerprint density at radius 1 is 1.20 bits per heavy atom. The van der Waals surface area contributed by atoms with E-state index >= 15 is 0 Å². The van der Waals surface area contributed by atoms with Gasteiger partial charge in [0.2, 0.25) is 0 Å². The number of rotatable bonds is 6. The van der Waals surface area contributed by atoms with Gasteiger partial charge in [0.1, 0.15) is 18.1 Å². The highest BCUT2D eigenvalue weighted by atomic mass is 16.5. The quantitative estimate of drug-likeness (QED) is 0.864. The molecule has 0 radical (unpaired) electrons. The number of nitrogens with two attached hydrogens (primary N) is 1. The minimum atomic E-state index is -0.0376. The lowest BCUT2D eigenvalue weighted by molar-refractivity contribution is 0.294. The van der Waals surface area contributed by atoms with Gasteiger partial charge in [-0.25, -0.2) is 0 Å². The lowest BCUT2D eigenvalue weighted by Crippen LogP contribution is -2.21. The van der Waals surface area contributed by atoms with Gasteiger partial charge in [0.25, 0.3) is 5.56 Å². The van der Waals surface area contributed by atoms with Crippen LogP contribution in [0.1, 0.15) is 5.56 Å². The summed E-state index contributed by atoms with van der Waals surface area (Å²) in [6.07, 6.45) is 1.74. The van der Waals surface area contributed by atoms with Gasteiger partial charge in [-0.05, 0) is 23.8 Å². The molecule has 5 heteroatoms. The van der Waals surface area contributed by atoms with Gasteiger partial charge in [0, 0.05) is 24.9 Å². The molecule has 5 nitrogen and oxygen atoms in total. The summed E-state index contributed by atoms with van der Waals surface area (Å²) in [5.41, 5.74) is 6.53. The largest absolute Gasteiger partial charge is 0.497 e. The Morgan fingerprint density at radius 3 is 2.70 bits per heavy atom. The Morgan fingerprint density at radius 2 is 2.00 bits per heavy atom. The summed E-state index contributed by atoms with van der Waals surface area (Å²) in [5, 5.41) is 0. The predicted molar refractivity (Wildman–Crippen MR) is 77.1 cm³/mol. The average molecular weight is 274 g/mol. The van der Waals surface area contributed by atoms with Crippen LogP contribution < -0.4 is 20.8 Å². The maximum atomic E-state index is 11.5. The van der Waals surface area contributed by atoms with E-state index in [1.54, 1.807) is 30.0 Å². The van der Waals surface area contributed by atoms with Gasteiger partial charge in [-0.15, -0.1) is 0 Å². The number of nitrogens with zero attached hydrogens (tertiary/aromatic N) is 1.